The van der Waals surface area contributed by atoms with Gasteiger partial charge in [-0.3, -0.25) is 0 Å². The Kier molecular flexibility index (Phi) is 7.66. The summed E-state index contributed by atoms with van der Waals surface area (Å²) >= 11 is 0. The van der Waals surface area contributed by atoms with E-state index in [9.17, 15) is 23.1 Å². The lowest BCUT2D eigenvalue weighted by atomic mass is 9.89. The Hall–Kier alpha value is -2.38. The SMILES string of the molecule is CO[C@](C(=O)OC[C@@H](Cc1ccccc1)CC(C)(C)O)(c1ccccc1)C(F)(F)F. The third-order valence-electron chi connectivity index (χ3n) is 4.78. The van der Waals surface area contributed by atoms with Crippen molar-refractivity contribution in [2.75, 3.05) is 13.7 Å². The molecular formula is C23H27F3O4. The first-order chi connectivity index (χ1) is 14.0. The van der Waals surface area contributed by atoms with E-state index in [1.165, 1.54) is 24.3 Å². The number of benzene rings is 2. The number of aliphatic hydroxyl groups is 1. The molecule has 164 valence electrons. The molecule has 0 unspecified atom stereocenters. The molecule has 30 heavy (non-hydrogen) atoms. The Labute approximate surface area is 174 Å². The van der Waals surface area contributed by atoms with Crippen LogP contribution in [0.15, 0.2) is 60.7 Å². The van der Waals surface area contributed by atoms with Crippen LogP contribution in [0.2, 0.25) is 0 Å². The molecule has 0 saturated heterocycles. The van der Waals surface area contributed by atoms with Crippen molar-refractivity contribution < 1.29 is 32.5 Å². The molecule has 0 heterocycles. The molecule has 0 radical (unpaired) electrons. The first-order valence-corrected chi connectivity index (χ1v) is 9.60. The highest BCUT2D eigenvalue weighted by Crippen LogP contribution is 2.43. The van der Waals surface area contributed by atoms with E-state index in [0.717, 1.165) is 12.7 Å². The standard InChI is InChI=1S/C23H27F3O4/c1-21(2,28)15-18(14-17-10-6-4-7-11-17)16-30-20(27)22(29-3,23(24,25)26)19-12-8-5-9-13-19/h4-13,18,28H,14-16H2,1-3H3/t18-,22-/m0/s1. The number of alkyl halides is 3. The quantitative estimate of drug-likeness (QED) is 0.595. The van der Waals surface area contributed by atoms with Crippen molar-refractivity contribution in [1.82, 2.24) is 0 Å². The maximum atomic E-state index is 14.0. The van der Waals surface area contributed by atoms with Gasteiger partial charge in [-0.1, -0.05) is 60.7 Å². The summed E-state index contributed by atoms with van der Waals surface area (Å²) in [5.41, 5.74) is -3.72. The molecule has 0 bridgehead atoms. The van der Waals surface area contributed by atoms with E-state index in [-0.39, 0.29) is 24.5 Å². The molecule has 4 nitrogen and oxygen atoms in total. The molecule has 1 N–H and O–H groups in total. The van der Waals surface area contributed by atoms with Crippen molar-refractivity contribution in [3.8, 4) is 0 Å². The van der Waals surface area contributed by atoms with E-state index >= 15 is 0 Å². The second-order valence-electron chi connectivity index (χ2n) is 7.92. The van der Waals surface area contributed by atoms with Crippen LogP contribution in [0.3, 0.4) is 0 Å². The Morgan fingerprint density at radius 1 is 1.00 bits per heavy atom. The molecule has 2 aromatic rings. The normalized spacial score (nSPS) is 15.3. The zero-order valence-corrected chi connectivity index (χ0v) is 17.3. The van der Waals surface area contributed by atoms with Crippen LogP contribution in [-0.2, 0) is 26.3 Å². The molecule has 2 aromatic carbocycles. The van der Waals surface area contributed by atoms with Gasteiger partial charge < -0.3 is 14.6 Å². The minimum atomic E-state index is -5.02. The van der Waals surface area contributed by atoms with E-state index in [1.807, 2.05) is 30.3 Å². The van der Waals surface area contributed by atoms with Crippen molar-refractivity contribution in [3.63, 3.8) is 0 Å². The van der Waals surface area contributed by atoms with E-state index in [4.69, 9.17) is 9.47 Å². The minimum Gasteiger partial charge on any atom is -0.463 e. The molecule has 0 aromatic heterocycles. The molecule has 0 amide bonds. The summed E-state index contributed by atoms with van der Waals surface area (Å²) in [5.74, 6) is -1.91. The van der Waals surface area contributed by atoms with Crippen LogP contribution in [0.5, 0.6) is 0 Å². The number of esters is 1. The molecule has 7 heteroatoms. The van der Waals surface area contributed by atoms with Crippen molar-refractivity contribution in [2.24, 2.45) is 5.92 Å². The molecule has 0 saturated carbocycles. The minimum absolute atomic E-state index is 0.243. The fourth-order valence-corrected chi connectivity index (χ4v) is 3.53. The number of hydrogen-bond donors (Lipinski definition) is 1. The summed E-state index contributed by atoms with van der Waals surface area (Å²) in [7, 11) is 0.833. The Bertz CT molecular complexity index is 801. The molecule has 0 aliphatic carbocycles. The first-order valence-electron chi connectivity index (χ1n) is 9.60. The summed E-state index contributed by atoms with van der Waals surface area (Å²) in [6.07, 6.45) is -4.34. The maximum Gasteiger partial charge on any atom is 0.432 e. The van der Waals surface area contributed by atoms with Gasteiger partial charge in [0.1, 0.15) is 0 Å². The monoisotopic (exact) mass is 424 g/mol. The van der Waals surface area contributed by atoms with Crippen LogP contribution in [-0.4, -0.2) is 36.6 Å². The lowest BCUT2D eigenvalue weighted by Gasteiger charge is -2.33. The maximum absolute atomic E-state index is 14.0. The van der Waals surface area contributed by atoms with Gasteiger partial charge in [-0.25, -0.2) is 4.79 Å². The van der Waals surface area contributed by atoms with Gasteiger partial charge >= 0.3 is 12.1 Å². The van der Waals surface area contributed by atoms with Crippen molar-refractivity contribution in [2.45, 2.75) is 44.1 Å². The van der Waals surface area contributed by atoms with Crippen LogP contribution >= 0.6 is 0 Å². The van der Waals surface area contributed by atoms with Gasteiger partial charge in [0.2, 0.25) is 0 Å². The third kappa shape index (κ3) is 5.83. The van der Waals surface area contributed by atoms with Crippen molar-refractivity contribution in [1.29, 1.82) is 0 Å². The topological polar surface area (TPSA) is 55.8 Å². The molecule has 2 rings (SSSR count). The average molecular weight is 424 g/mol. The second kappa shape index (κ2) is 9.62. The largest absolute Gasteiger partial charge is 0.463 e. The lowest BCUT2D eigenvalue weighted by Crippen LogP contribution is -2.52. The Balaban J connectivity index is 2.26. The van der Waals surface area contributed by atoms with Gasteiger partial charge in [-0.05, 0) is 38.2 Å². The third-order valence-corrected chi connectivity index (χ3v) is 4.78. The van der Waals surface area contributed by atoms with Crippen LogP contribution in [0.4, 0.5) is 13.2 Å². The highest BCUT2D eigenvalue weighted by Gasteiger charge is 2.64. The van der Waals surface area contributed by atoms with Crippen LogP contribution in [0.25, 0.3) is 0 Å². The van der Waals surface area contributed by atoms with E-state index in [0.29, 0.717) is 6.42 Å². The summed E-state index contributed by atoms with van der Waals surface area (Å²) < 4.78 is 51.9. The molecule has 0 fully saturated rings. The Morgan fingerprint density at radius 3 is 2.00 bits per heavy atom. The summed E-state index contributed by atoms with van der Waals surface area (Å²) in [4.78, 5) is 12.7. The van der Waals surface area contributed by atoms with Gasteiger partial charge in [0.25, 0.3) is 5.60 Å². The Morgan fingerprint density at radius 2 is 1.53 bits per heavy atom. The number of rotatable bonds is 9. The van der Waals surface area contributed by atoms with Crippen molar-refractivity contribution in [3.05, 3.63) is 71.8 Å². The number of methoxy groups -OCH3 is 1. The fraction of sp³-hybridized carbons (Fsp3) is 0.435. The number of carbonyl (C=O) groups is 1. The second-order valence-corrected chi connectivity index (χ2v) is 7.92. The summed E-state index contributed by atoms with van der Waals surface area (Å²) in [5, 5.41) is 10.2. The van der Waals surface area contributed by atoms with E-state index in [2.05, 4.69) is 0 Å². The van der Waals surface area contributed by atoms with Crippen LogP contribution in [0.1, 0.15) is 31.4 Å². The van der Waals surface area contributed by atoms with E-state index in [1.54, 1.807) is 19.9 Å². The fourth-order valence-electron chi connectivity index (χ4n) is 3.53. The highest BCUT2D eigenvalue weighted by atomic mass is 19.4. The molecule has 0 aliphatic heterocycles. The van der Waals surface area contributed by atoms with Gasteiger partial charge in [-0.2, -0.15) is 13.2 Å². The van der Waals surface area contributed by atoms with Gasteiger partial charge in [-0.15, -0.1) is 0 Å². The van der Waals surface area contributed by atoms with Gasteiger partial charge in [0.05, 0.1) is 12.2 Å². The predicted molar refractivity (Wildman–Crippen MR) is 107 cm³/mol. The average Bonchev–Trinajstić information content (AvgIpc) is 2.66. The van der Waals surface area contributed by atoms with Crippen LogP contribution < -0.4 is 0 Å². The molecule has 2 atom stereocenters. The van der Waals surface area contributed by atoms with Gasteiger partial charge in [0, 0.05) is 12.7 Å². The lowest BCUT2D eigenvalue weighted by molar-refractivity contribution is -0.276. The number of carbonyl (C=O) groups excluding carboxylic acids is 1. The molecule has 0 aliphatic rings. The number of hydrogen-bond acceptors (Lipinski definition) is 4. The van der Waals surface area contributed by atoms with Crippen molar-refractivity contribution >= 4 is 5.97 Å². The summed E-state index contributed by atoms with van der Waals surface area (Å²) in [6.45, 7) is 2.92. The van der Waals surface area contributed by atoms with Crippen LogP contribution in [0, 0.1) is 5.92 Å². The zero-order valence-electron chi connectivity index (χ0n) is 17.3. The first kappa shape index (κ1) is 23.9. The zero-order chi connectivity index (χ0) is 22.4. The predicted octanol–water partition coefficient (Wildman–Crippen LogP) is 4.65. The highest BCUT2D eigenvalue weighted by molar-refractivity contribution is 5.82. The number of halogens is 3. The van der Waals surface area contributed by atoms with Gasteiger partial charge in [0.15, 0.2) is 0 Å². The van der Waals surface area contributed by atoms with E-state index < -0.39 is 23.3 Å². The smallest absolute Gasteiger partial charge is 0.432 e. The summed E-state index contributed by atoms with van der Waals surface area (Å²) in [6, 6.07) is 16.0. The molecular weight excluding hydrogens is 397 g/mol. The number of ether oxygens (including phenoxy) is 2. The molecule has 0 spiro atoms.